The molecule has 0 aliphatic carbocycles. The molecular weight excluding hydrogens is 186 g/mol. The van der Waals surface area contributed by atoms with Crippen molar-refractivity contribution in [1.82, 2.24) is 0 Å². The first-order valence-corrected chi connectivity index (χ1v) is 5.80. The average molecular weight is 205 g/mol. The number of nitrogens with zero attached hydrogens (tertiary/aromatic N) is 1. The van der Waals surface area contributed by atoms with Crippen molar-refractivity contribution in [3.05, 3.63) is 29.8 Å². The lowest BCUT2D eigenvalue weighted by Gasteiger charge is -2.29. The van der Waals surface area contributed by atoms with E-state index in [1.165, 1.54) is 24.9 Å². The lowest BCUT2D eigenvalue weighted by Crippen LogP contribution is -2.29. The Balaban J connectivity index is 2.16. The van der Waals surface area contributed by atoms with Gasteiger partial charge >= 0.3 is 0 Å². The number of hydrogen-bond acceptors (Lipinski definition) is 2. The Kier molecular flexibility index (Phi) is 3.27. The zero-order valence-electron chi connectivity index (χ0n) is 9.32. The van der Waals surface area contributed by atoms with Crippen LogP contribution in [0.1, 0.15) is 37.9 Å². The van der Waals surface area contributed by atoms with Crippen LogP contribution in [-0.2, 0) is 0 Å². The predicted molar refractivity (Wildman–Crippen MR) is 63.1 cm³/mol. The lowest BCUT2D eigenvalue weighted by atomic mass is 10.1. The van der Waals surface area contributed by atoms with Gasteiger partial charge in [-0.2, -0.15) is 0 Å². The van der Waals surface area contributed by atoms with Crippen molar-refractivity contribution in [1.29, 1.82) is 0 Å². The molecule has 2 nitrogen and oxygen atoms in total. The Hall–Kier alpha value is -1.02. The number of rotatable bonds is 2. The quantitative estimate of drug-likeness (QED) is 0.802. The largest absolute Gasteiger partial charge is 0.389 e. The molecule has 1 atom stereocenters. The summed E-state index contributed by atoms with van der Waals surface area (Å²) in [5.74, 6) is 0. The number of anilines is 1. The molecule has 1 aromatic rings. The lowest BCUT2D eigenvalue weighted by molar-refractivity contribution is 0.199. The van der Waals surface area contributed by atoms with Crippen molar-refractivity contribution in [3.8, 4) is 0 Å². The van der Waals surface area contributed by atoms with Crippen LogP contribution >= 0.6 is 0 Å². The van der Waals surface area contributed by atoms with Gasteiger partial charge in [-0.05, 0) is 43.9 Å². The number of hydrogen-bond donors (Lipinski definition) is 1. The fraction of sp³-hybridized carbons (Fsp3) is 0.538. The zero-order valence-corrected chi connectivity index (χ0v) is 9.32. The summed E-state index contributed by atoms with van der Waals surface area (Å²) in [6.07, 6.45) is 3.57. The van der Waals surface area contributed by atoms with Crippen molar-refractivity contribution in [2.45, 2.75) is 32.3 Å². The maximum absolute atomic E-state index is 9.53. The minimum absolute atomic E-state index is 0.366. The number of aliphatic hydroxyl groups excluding tert-OH is 1. The van der Waals surface area contributed by atoms with Crippen LogP contribution < -0.4 is 4.90 Å². The molecule has 1 unspecified atom stereocenters. The molecule has 0 radical (unpaired) electrons. The average Bonchev–Trinajstić information content (AvgIpc) is 2.30. The van der Waals surface area contributed by atoms with Crippen LogP contribution in [0.5, 0.6) is 0 Å². The molecule has 1 fully saturated rings. The van der Waals surface area contributed by atoms with Crippen molar-refractivity contribution in [3.63, 3.8) is 0 Å². The molecule has 0 amide bonds. The van der Waals surface area contributed by atoms with Gasteiger partial charge in [-0.15, -0.1) is 0 Å². The number of benzene rings is 1. The summed E-state index contributed by atoms with van der Waals surface area (Å²) in [6, 6.07) is 8.26. The number of aliphatic hydroxyl groups is 1. The molecule has 2 heteroatoms. The standard InChI is InChI=1S/C13H19NO/c1-11(15)12-6-5-7-13(10-12)14-8-3-2-4-9-14/h5-7,10-11,15H,2-4,8-9H2,1H3. The van der Waals surface area contributed by atoms with E-state index < -0.39 is 0 Å². The van der Waals surface area contributed by atoms with Gasteiger partial charge in [0.05, 0.1) is 6.10 Å². The summed E-state index contributed by atoms with van der Waals surface area (Å²) in [6.45, 7) is 4.13. The SMILES string of the molecule is CC(O)c1cccc(N2CCCCC2)c1. The van der Waals surface area contributed by atoms with Gasteiger partial charge in [-0.3, -0.25) is 0 Å². The fourth-order valence-electron chi connectivity index (χ4n) is 2.13. The molecule has 82 valence electrons. The summed E-state index contributed by atoms with van der Waals surface area (Å²) in [5, 5.41) is 9.53. The van der Waals surface area contributed by atoms with Crippen molar-refractivity contribution in [2.75, 3.05) is 18.0 Å². The van der Waals surface area contributed by atoms with Gasteiger partial charge in [0, 0.05) is 18.8 Å². The normalized spacial score (nSPS) is 18.9. The Labute approximate surface area is 91.5 Å². The van der Waals surface area contributed by atoms with Crippen molar-refractivity contribution >= 4 is 5.69 Å². The molecule has 0 spiro atoms. The Morgan fingerprint density at radius 3 is 2.60 bits per heavy atom. The highest BCUT2D eigenvalue weighted by Gasteiger charge is 2.11. The molecule has 1 aliphatic rings. The number of piperidine rings is 1. The Morgan fingerprint density at radius 1 is 1.20 bits per heavy atom. The molecule has 1 saturated heterocycles. The van der Waals surface area contributed by atoms with E-state index in [1.54, 1.807) is 0 Å². The second kappa shape index (κ2) is 4.67. The first-order valence-electron chi connectivity index (χ1n) is 5.80. The van der Waals surface area contributed by atoms with E-state index in [0.717, 1.165) is 18.7 Å². The molecule has 2 rings (SSSR count). The second-order valence-electron chi connectivity index (χ2n) is 4.32. The Morgan fingerprint density at radius 2 is 1.93 bits per heavy atom. The fourth-order valence-corrected chi connectivity index (χ4v) is 2.13. The van der Waals surface area contributed by atoms with Crippen molar-refractivity contribution in [2.24, 2.45) is 0 Å². The van der Waals surface area contributed by atoms with E-state index in [4.69, 9.17) is 0 Å². The third-order valence-corrected chi connectivity index (χ3v) is 3.07. The maximum Gasteiger partial charge on any atom is 0.0762 e. The van der Waals surface area contributed by atoms with Crippen LogP contribution in [0, 0.1) is 0 Å². The van der Waals surface area contributed by atoms with Gasteiger partial charge in [0.1, 0.15) is 0 Å². The van der Waals surface area contributed by atoms with E-state index >= 15 is 0 Å². The molecule has 0 bridgehead atoms. The maximum atomic E-state index is 9.53. The highest BCUT2D eigenvalue weighted by molar-refractivity contribution is 5.49. The van der Waals surface area contributed by atoms with Crippen LogP contribution in [0.15, 0.2) is 24.3 Å². The monoisotopic (exact) mass is 205 g/mol. The first-order chi connectivity index (χ1) is 7.27. The second-order valence-corrected chi connectivity index (χ2v) is 4.32. The Bertz CT molecular complexity index is 316. The molecule has 1 heterocycles. The van der Waals surface area contributed by atoms with Gasteiger partial charge in [0.25, 0.3) is 0 Å². The third-order valence-electron chi connectivity index (χ3n) is 3.07. The van der Waals surface area contributed by atoms with Gasteiger partial charge in [0.2, 0.25) is 0 Å². The molecule has 0 saturated carbocycles. The predicted octanol–water partition coefficient (Wildman–Crippen LogP) is 2.73. The zero-order chi connectivity index (χ0) is 10.7. The summed E-state index contributed by atoms with van der Waals surface area (Å²) >= 11 is 0. The third kappa shape index (κ3) is 2.51. The van der Waals surface area contributed by atoms with E-state index in [9.17, 15) is 5.11 Å². The van der Waals surface area contributed by atoms with Gasteiger partial charge in [-0.1, -0.05) is 12.1 Å². The van der Waals surface area contributed by atoms with Gasteiger partial charge in [-0.25, -0.2) is 0 Å². The van der Waals surface area contributed by atoms with Crippen LogP contribution in [0.2, 0.25) is 0 Å². The highest BCUT2D eigenvalue weighted by atomic mass is 16.3. The summed E-state index contributed by atoms with van der Waals surface area (Å²) in [4.78, 5) is 2.41. The molecule has 1 N–H and O–H groups in total. The van der Waals surface area contributed by atoms with Gasteiger partial charge < -0.3 is 10.0 Å². The minimum Gasteiger partial charge on any atom is -0.389 e. The molecule has 1 aliphatic heterocycles. The first kappa shape index (κ1) is 10.5. The molecule has 1 aromatic carbocycles. The van der Waals surface area contributed by atoms with Crippen LogP contribution in [0.25, 0.3) is 0 Å². The van der Waals surface area contributed by atoms with Crippen molar-refractivity contribution < 1.29 is 5.11 Å². The smallest absolute Gasteiger partial charge is 0.0762 e. The topological polar surface area (TPSA) is 23.5 Å². The van der Waals surface area contributed by atoms with E-state index in [2.05, 4.69) is 17.0 Å². The molecular formula is C13H19NO. The van der Waals surface area contributed by atoms with E-state index in [-0.39, 0.29) is 6.10 Å². The highest BCUT2D eigenvalue weighted by Crippen LogP contribution is 2.23. The van der Waals surface area contributed by atoms with Crippen LogP contribution in [-0.4, -0.2) is 18.2 Å². The molecule has 0 aromatic heterocycles. The van der Waals surface area contributed by atoms with Crippen LogP contribution in [0.4, 0.5) is 5.69 Å². The summed E-state index contributed by atoms with van der Waals surface area (Å²) in [7, 11) is 0. The van der Waals surface area contributed by atoms with Gasteiger partial charge in [0.15, 0.2) is 0 Å². The molecule has 15 heavy (non-hydrogen) atoms. The summed E-state index contributed by atoms with van der Waals surface area (Å²) in [5.41, 5.74) is 2.27. The van der Waals surface area contributed by atoms with E-state index in [0.29, 0.717) is 0 Å². The summed E-state index contributed by atoms with van der Waals surface area (Å²) < 4.78 is 0. The van der Waals surface area contributed by atoms with Crippen LogP contribution in [0.3, 0.4) is 0 Å². The minimum atomic E-state index is -0.366. The van der Waals surface area contributed by atoms with E-state index in [1.807, 2.05) is 19.1 Å².